The first-order valence-corrected chi connectivity index (χ1v) is 9.59. The molecule has 1 atom stereocenters. The molecule has 3 rings (SSSR count). The number of pyridine rings is 1. The molecule has 0 saturated heterocycles. The van der Waals surface area contributed by atoms with E-state index in [1.165, 1.54) is 11.3 Å². The standard InChI is InChI=1S/C20H23N3O2S/c1-6-13-9-14(17(24)15-8-7-12(4)26-15)16(21-10-13)18-22-19(25)20(5,23-18)11(2)3/h7-11H,6H2,1-5H3,(H,22,23,25). The van der Waals surface area contributed by atoms with Gasteiger partial charge in [0.1, 0.15) is 11.2 Å². The molecule has 0 fully saturated rings. The number of aliphatic imine (C=N–C) groups is 1. The van der Waals surface area contributed by atoms with Gasteiger partial charge < -0.3 is 5.32 Å². The lowest BCUT2D eigenvalue weighted by atomic mass is 9.89. The average Bonchev–Trinajstić information content (AvgIpc) is 3.18. The van der Waals surface area contributed by atoms with Crippen LogP contribution in [0.15, 0.2) is 29.4 Å². The van der Waals surface area contributed by atoms with E-state index in [1.54, 1.807) is 6.20 Å². The lowest BCUT2D eigenvalue weighted by Gasteiger charge is -2.21. The van der Waals surface area contributed by atoms with E-state index in [0.29, 0.717) is 22.0 Å². The fourth-order valence-corrected chi connectivity index (χ4v) is 3.62. The summed E-state index contributed by atoms with van der Waals surface area (Å²) in [4.78, 5) is 36.4. The average molecular weight is 369 g/mol. The number of hydrogen-bond donors (Lipinski definition) is 1. The van der Waals surface area contributed by atoms with Crippen molar-refractivity contribution in [1.29, 1.82) is 0 Å². The van der Waals surface area contributed by atoms with Gasteiger partial charge in [-0.15, -0.1) is 11.3 Å². The van der Waals surface area contributed by atoms with Gasteiger partial charge in [-0.2, -0.15) is 0 Å². The van der Waals surface area contributed by atoms with Crippen LogP contribution in [0, 0.1) is 12.8 Å². The molecular formula is C20H23N3O2S. The Morgan fingerprint density at radius 3 is 2.62 bits per heavy atom. The second-order valence-corrected chi connectivity index (χ2v) is 8.34. The molecule has 0 aromatic carbocycles. The van der Waals surface area contributed by atoms with E-state index in [0.717, 1.165) is 16.9 Å². The summed E-state index contributed by atoms with van der Waals surface area (Å²) in [6, 6.07) is 5.62. The predicted octanol–water partition coefficient (Wildman–Crippen LogP) is 3.54. The molecule has 3 heterocycles. The van der Waals surface area contributed by atoms with Crippen molar-refractivity contribution in [3.8, 4) is 0 Å². The van der Waals surface area contributed by atoms with E-state index in [4.69, 9.17) is 0 Å². The molecular weight excluding hydrogens is 346 g/mol. The van der Waals surface area contributed by atoms with Crippen LogP contribution in [0.2, 0.25) is 0 Å². The summed E-state index contributed by atoms with van der Waals surface area (Å²) < 4.78 is 0. The number of thiophene rings is 1. The SMILES string of the molecule is CCc1cnc(C2=NC(C)(C(C)C)C(=O)N2)c(C(=O)c2ccc(C)s2)c1. The zero-order valence-electron chi connectivity index (χ0n) is 15.7. The molecule has 2 aromatic rings. The minimum atomic E-state index is -0.847. The topological polar surface area (TPSA) is 71.4 Å². The van der Waals surface area contributed by atoms with E-state index in [9.17, 15) is 9.59 Å². The summed E-state index contributed by atoms with van der Waals surface area (Å²) in [6.07, 6.45) is 2.52. The Balaban J connectivity index is 2.11. The summed E-state index contributed by atoms with van der Waals surface area (Å²) in [5.74, 6) is 0.171. The molecule has 1 N–H and O–H groups in total. The summed E-state index contributed by atoms with van der Waals surface area (Å²) in [5.41, 5.74) is 1.05. The Bertz CT molecular complexity index is 914. The predicted molar refractivity (Wildman–Crippen MR) is 104 cm³/mol. The molecule has 2 aromatic heterocycles. The van der Waals surface area contributed by atoms with Crippen LogP contribution < -0.4 is 5.32 Å². The lowest BCUT2D eigenvalue weighted by Crippen LogP contribution is -2.41. The second-order valence-electron chi connectivity index (χ2n) is 7.05. The fourth-order valence-electron chi connectivity index (χ4n) is 2.80. The zero-order valence-corrected chi connectivity index (χ0v) is 16.5. The Labute approximate surface area is 157 Å². The van der Waals surface area contributed by atoms with Crippen molar-refractivity contribution in [2.24, 2.45) is 10.9 Å². The number of hydrogen-bond acceptors (Lipinski definition) is 5. The minimum Gasteiger partial charge on any atom is -0.307 e. The molecule has 1 unspecified atom stereocenters. The van der Waals surface area contributed by atoms with Crippen LogP contribution in [0.3, 0.4) is 0 Å². The molecule has 26 heavy (non-hydrogen) atoms. The third-order valence-corrected chi connectivity index (χ3v) is 5.95. The van der Waals surface area contributed by atoms with Gasteiger partial charge in [-0.05, 0) is 49.9 Å². The number of ketones is 1. The molecule has 0 spiro atoms. The van der Waals surface area contributed by atoms with Crippen LogP contribution in [0.1, 0.15) is 59.1 Å². The molecule has 1 amide bonds. The zero-order chi connectivity index (χ0) is 19.1. The van der Waals surface area contributed by atoms with Gasteiger partial charge in [0.15, 0.2) is 5.84 Å². The minimum absolute atomic E-state index is 0.0361. The van der Waals surface area contributed by atoms with Crippen LogP contribution in [0.25, 0.3) is 0 Å². The summed E-state index contributed by atoms with van der Waals surface area (Å²) in [7, 11) is 0. The van der Waals surface area contributed by atoms with Crippen molar-refractivity contribution in [2.45, 2.75) is 46.6 Å². The Morgan fingerprint density at radius 1 is 1.35 bits per heavy atom. The van der Waals surface area contributed by atoms with Crippen molar-refractivity contribution in [3.05, 3.63) is 51.0 Å². The first-order valence-electron chi connectivity index (χ1n) is 8.78. The number of aryl methyl sites for hydroxylation is 2. The first-order chi connectivity index (χ1) is 12.3. The van der Waals surface area contributed by atoms with Crippen molar-refractivity contribution < 1.29 is 9.59 Å². The third kappa shape index (κ3) is 3.09. The van der Waals surface area contributed by atoms with Crippen molar-refractivity contribution >= 4 is 28.9 Å². The van der Waals surface area contributed by atoms with Crippen molar-refractivity contribution in [2.75, 3.05) is 0 Å². The second kappa shape index (κ2) is 6.76. The highest BCUT2D eigenvalue weighted by Crippen LogP contribution is 2.28. The molecule has 0 aliphatic carbocycles. The molecule has 5 nitrogen and oxygen atoms in total. The van der Waals surface area contributed by atoms with Gasteiger partial charge >= 0.3 is 0 Å². The molecule has 1 aliphatic heterocycles. The number of nitrogens with zero attached hydrogens (tertiary/aromatic N) is 2. The van der Waals surface area contributed by atoms with Crippen LogP contribution in [-0.4, -0.2) is 28.0 Å². The molecule has 0 saturated carbocycles. The van der Waals surface area contributed by atoms with Gasteiger partial charge in [0.2, 0.25) is 5.78 Å². The maximum Gasteiger partial charge on any atom is 0.253 e. The largest absolute Gasteiger partial charge is 0.307 e. The number of amides is 1. The van der Waals surface area contributed by atoms with Gasteiger partial charge in [-0.25, -0.2) is 4.99 Å². The van der Waals surface area contributed by atoms with Gasteiger partial charge in [0, 0.05) is 11.1 Å². The maximum absolute atomic E-state index is 13.1. The number of amidine groups is 1. The molecule has 0 bridgehead atoms. The molecule has 1 aliphatic rings. The van der Waals surface area contributed by atoms with Crippen LogP contribution in [0.4, 0.5) is 0 Å². The number of rotatable bonds is 5. The lowest BCUT2D eigenvalue weighted by molar-refractivity contribution is -0.124. The van der Waals surface area contributed by atoms with Crippen LogP contribution in [0.5, 0.6) is 0 Å². The highest BCUT2D eigenvalue weighted by molar-refractivity contribution is 7.14. The fraction of sp³-hybridized carbons (Fsp3) is 0.400. The summed E-state index contributed by atoms with van der Waals surface area (Å²) >= 11 is 1.46. The van der Waals surface area contributed by atoms with Crippen LogP contribution in [-0.2, 0) is 11.2 Å². The highest BCUT2D eigenvalue weighted by atomic mass is 32.1. The number of nitrogens with one attached hydrogen (secondary N) is 1. The number of carbonyl (C=O) groups is 2. The van der Waals surface area contributed by atoms with Gasteiger partial charge in [0.25, 0.3) is 5.91 Å². The van der Waals surface area contributed by atoms with Gasteiger partial charge in [0.05, 0.1) is 10.4 Å². The Kier molecular flexibility index (Phi) is 4.80. The van der Waals surface area contributed by atoms with E-state index >= 15 is 0 Å². The van der Waals surface area contributed by atoms with Gasteiger partial charge in [-0.3, -0.25) is 14.6 Å². The van der Waals surface area contributed by atoms with Crippen LogP contribution >= 0.6 is 11.3 Å². The Morgan fingerprint density at radius 2 is 2.08 bits per heavy atom. The number of carbonyl (C=O) groups excluding carboxylic acids is 2. The highest BCUT2D eigenvalue weighted by Gasteiger charge is 2.43. The molecule has 6 heteroatoms. The van der Waals surface area contributed by atoms with Crippen molar-refractivity contribution in [1.82, 2.24) is 10.3 Å². The van der Waals surface area contributed by atoms with Crippen molar-refractivity contribution in [3.63, 3.8) is 0 Å². The number of aromatic nitrogens is 1. The maximum atomic E-state index is 13.1. The van der Waals surface area contributed by atoms with E-state index < -0.39 is 5.54 Å². The third-order valence-electron chi connectivity index (χ3n) is 4.95. The quantitative estimate of drug-likeness (QED) is 0.820. The molecule has 136 valence electrons. The van der Waals surface area contributed by atoms with E-state index in [2.05, 4.69) is 15.3 Å². The molecule has 0 radical (unpaired) electrons. The van der Waals surface area contributed by atoms with Gasteiger partial charge in [-0.1, -0.05) is 20.8 Å². The summed E-state index contributed by atoms with van der Waals surface area (Å²) in [6.45, 7) is 9.72. The Hall–Kier alpha value is -2.34. The van der Waals surface area contributed by atoms with E-state index in [1.807, 2.05) is 52.8 Å². The smallest absolute Gasteiger partial charge is 0.253 e. The van der Waals surface area contributed by atoms with E-state index in [-0.39, 0.29) is 17.6 Å². The first kappa shape index (κ1) is 18.5. The normalized spacial score (nSPS) is 19.6. The monoisotopic (exact) mass is 369 g/mol. The summed E-state index contributed by atoms with van der Waals surface area (Å²) in [5, 5.41) is 2.83.